The lowest BCUT2D eigenvalue weighted by molar-refractivity contribution is 0.0948. The lowest BCUT2D eigenvalue weighted by Crippen LogP contribution is -2.25. The fourth-order valence-electron chi connectivity index (χ4n) is 0.873. The quantitative estimate of drug-likeness (QED) is 0.524. The van der Waals surface area contributed by atoms with Gasteiger partial charge in [-0.2, -0.15) is 15.4 Å². The molecule has 0 radical (unpaired) electrons. The first-order valence-electron chi connectivity index (χ1n) is 4.18. The van der Waals surface area contributed by atoms with Crippen molar-refractivity contribution in [3.8, 4) is 0 Å². The summed E-state index contributed by atoms with van der Waals surface area (Å²) in [6.07, 6.45) is 3.19. The van der Waals surface area contributed by atoms with E-state index in [0.29, 0.717) is 18.8 Å². The standard InChI is InChI=1S/C7H13N5O/c8-3-1-2-4-9-7(13)6-5-10-12-11-6/h5H,1-4,8H2,(H,9,13)(H,10,11,12). The molecule has 0 aromatic carbocycles. The molecule has 0 saturated carbocycles. The van der Waals surface area contributed by atoms with E-state index in [-0.39, 0.29) is 5.91 Å². The van der Waals surface area contributed by atoms with Gasteiger partial charge in [-0.05, 0) is 19.4 Å². The molecular formula is C7H13N5O. The van der Waals surface area contributed by atoms with Crippen LogP contribution in [0.3, 0.4) is 0 Å². The molecule has 0 aliphatic carbocycles. The zero-order valence-electron chi connectivity index (χ0n) is 7.29. The van der Waals surface area contributed by atoms with Gasteiger partial charge in [-0.1, -0.05) is 0 Å². The second-order valence-corrected chi connectivity index (χ2v) is 2.61. The van der Waals surface area contributed by atoms with Crippen molar-refractivity contribution in [2.75, 3.05) is 13.1 Å². The smallest absolute Gasteiger partial charge is 0.273 e. The first kappa shape index (κ1) is 9.66. The molecular weight excluding hydrogens is 170 g/mol. The number of amides is 1. The van der Waals surface area contributed by atoms with Gasteiger partial charge in [0.2, 0.25) is 0 Å². The second-order valence-electron chi connectivity index (χ2n) is 2.61. The molecule has 0 spiro atoms. The van der Waals surface area contributed by atoms with E-state index >= 15 is 0 Å². The van der Waals surface area contributed by atoms with E-state index in [1.807, 2.05) is 0 Å². The highest BCUT2D eigenvalue weighted by Crippen LogP contribution is 1.89. The fourth-order valence-corrected chi connectivity index (χ4v) is 0.873. The third kappa shape index (κ3) is 3.20. The number of aromatic nitrogens is 3. The molecule has 1 amide bonds. The third-order valence-electron chi connectivity index (χ3n) is 1.56. The molecule has 4 N–H and O–H groups in total. The molecule has 13 heavy (non-hydrogen) atoms. The SMILES string of the molecule is NCCCCNC(=O)c1cn[nH]n1. The number of nitrogens with zero attached hydrogens (tertiary/aromatic N) is 2. The van der Waals surface area contributed by atoms with E-state index in [1.54, 1.807) is 0 Å². The number of hydrogen-bond acceptors (Lipinski definition) is 4. The fraction of sp³-hybridized carbons (Fsp3) is 0.571. The maximum Gasteiger partial charge on any atom is 0.273 e. The molecule has 0 aliphatic rings. The minimum Gasteiger partial charge on any atom is -0.351 e. The number of unbranched alkanes of at least 4 members (excludes halogenated alkanes) is 1. The average Bonchev–Trinajstić information content (AvgIpc) is 2.65. The van der Waals surface area contributed by atoms with Gasteiger partial charge in [-0.25, -0.2) is 0 Å². The first-order chi connectivity index (χ1) is 6.34. The molecule has 6 heteroatoms. The zero-order chi connectivity index (χ0) is 9.52. The second kappa shape index (κ2) is 5.26. The highest BCUT2D eigenvalue weighted by Gasteiger charge is 2.06. The Kier molecular flexibility index (Phi) is 3.90. The van der Waals surface area contributed by atoms with E-state index in [1.165, 1.54) is 6.20 Å². The highest BCUT2D eigenvalue weighted by molar-refractivity contribution is 5.91. The Labute approximate surface area is 75.9 Å². The number of carbonyl (C=O) groups excluding carboxylic acids is 1. The summed E-state index contributed by atoms with van der Waals surface area (Å²) in [7, 11) is 0. The number of nitrogens with two attached hydrogens (primary N) is 1. The maximum absolute atomic E-state index is 11.2. The molecule has 0 aliphatic heterocycles. The summed E-state index contributed by atoms with van der Waals surface area (Å²) in [6.45, 7) is 1.28. The predicted octanol–water partition coefficient (Wildman–Crippen LogP) is -0.727. The monoisotopic (exact) mass is 183 g/mol. The van der Waals surface area contributed by atoms with Gasteiger partial charge in [0.15, 0.2) is 5.69 Å². The summed E-state index contributed by atoms with van der Waals surface area (Å²) in [6, 6.07) is 0. The van der Waals surface area contributed by atoms with Crippen molar-refractivity contribution in [1.82, 2.24) is 20.7 Å². The Balaban J connectivity index is 2.19. The van der Waals surface area contributed by atoms with E-state index in [2.05, 4.69) is 20.7 Å². The largest absolute Gasteiger partial charge is 0.351 e. The van der Waals surface area contributed by atoms with E-state index < -0.39 is 0 Å². The number of nitrogens with one attached hydrogen (secondary N) is 2. The number of H-pyrrole nitrogens is 1. The Morgan fingerprint density at radius 2 is 2.46 bits per heavy atom. The van der Waals surface area contributed by atoms with Crippen LogP contribution in [0.4, 0.5) is 0 Å². The van der Waals surface area contributed by atoms with Crippen molar-refractivity contribution >= 4 is 5.91 Å². The van der Waals surface area contributed by atoms with E-state index in [0.717, 1.165) is 12.8 Å². The summed E-state index contributed by atoms with van der Waals surface area (Å²) >= 11 is 0. The van der Waals surface area contributed by atoms with Crippen LogP contribution in [-0.4, -0.2) is 34.4 Å². The van der Waals surface area contributed by atoms with Gasteiger partial charge in [0.1, 0.15) is 0 Å². The molecule has 0 bridgehead atoms. The van der Waals surface area contributed by atoms with Crippen LogP contribution in [0.25, 0.3) is 0 Å². The topological polar surface area (TPSA) is 96.7 Å². The van der Waals surface area contributed by atoms with Gasteiger partial charge >= 0.3 is 0 Å². The zero-order valence-corrected chi connectivity index (χ0v) is 7.29. The van der Waals surface area contributed by atoms with Gasteiger partial charge < -0.3 is 11.1 Å². The molecule has 1 heterocycles. The molecule has 72 valence electrons. The summed E-state index contributed by atoms with van der Waals surface area (Å²) in [5.41, 5.74) is 5.61. The lowest BCUT2D eigenvalue weighted by atomic mass is 10.3. The van der Waals surface area contributed by atoms with Crippen LogP contribution in [-0.2, 0) is 0 Å². The predicted molar refractivity (Wildman–Crippen MR) is 47.0 cm³/mol. The average molecular weight is 183 g/mol. The molecule has 0 saturated heterocycles. The highest BCUT2D eigenvalue weighted by atomic mass is 16.1. The van der Waals surface area contributed by atoms with Crippen LogP contribution in [0.1, 0.15) is 23.3 Å². The van der Waals surface area contributed by atoms with E-state index in [9.17, 15) is 4.79 Å². The Bertz CT molecular complexity index is 245. The normalized spacial score (nSPS) is 9.92. The minimum absolute atomic E-state index is 0.203. The maximum atomic E-state index is 11.2. The van der Waals surface area contributed by atoms with Crippen molar-refractivity contribution in [3.05, 3.63) is 11.9 Å². The Hall–Kier alpha value is -1.43. The van der Waals surface area contributed by atoms with Crippen LogP contribution >= 0.6 is 0 Å². The lowest BCUT2D eigenvalue weighted by Gasteiger charge is -2.00. The van der Waals surface area contributed by atoms with Crippen LogP contribution in [0.5, 0.6) is 0 Å². The summed E-state index contributed by atoms with van der Waals surface area (Å²) in [4.78, 5) is 11.2. The van der Waals surface area contributed by atoms with E-state index in [4.69, 9.17) is 5.73 Å². The van der Waals surface area contributed by atoms with Gasteiger partial charge in [-0.3, -0.25) is 4.79 Å². The minimum atomic E-state index is -0.203. The number of aromatic amines is 1. The molecule has 1 aromatic heterocycles. The summed E-state index contributed by atoms with van der Waals surface area (Å²) in [5, 5.41) is 12.2. The number of rotatable bonds is 5. The molecule has 1 rings (SSSR count). The van der Waals surface area contributed by atoms with Gasteiger partial charge in [0.25, 0.3) is 5.91 Å². The van der Waals surface area contributed by atoms with Crippen molar-refractivity contribution in [1.29, 1.82) is 0 Å². The van der Waals surface area contributed by atoms with Gasteiger partial charge in [0.05, 0.1) is 6.20 Å². The molecule has 6 nitrogen and oxygen atoms in total. The van der Waals surface area contributed by atoms with Crippen molar-refractivity contribution < 1.29 is 4.79 Å². The van der Waals surface area contributed by atoms with Crippen LogP contribution in [0, 0.1) is 0 Å². The number of hydrogen-bond donors (Lipinski definition) is 3. The van der Waals surface area contributed by atoms with Crippen LogP contribution in [0.15, 0.2) is 6.20 Å². The summed E-state index contributed by atoms with van der Waals surface area (Å²) in [5.74, 6) is -0.203. The first-order valence-corrected chi connectivity index (χ1v) is 4.18. The third-order valence-corrected chi connectivity index (χ3v) is 1.56. The Morgan fingerprint density at radius 3 is 3.08 bits per heavy atom. The molecule has 0 unspecified atom stereocenters. The summed E-state index contributed by atoms with van der Waals surface area (Å²) < 4.78 is 0. The van der Waals surface area contributed by atoms with Crippen LogP contribution in [0.2, 0.25) is 0 Å². The van der Waals surface area contributed by atoms with Gasteiger partial charge in [-0.15, -0.1) is 0 Å². The molecule has 0 fully saturated rings. The molecule has 1 aromatic rings. The van der Waals surface area contributed by atoms with Crippen molar-refractivity contribution in [2.24, 2.45) is 5.73 Å². The molecule has 0 atom stereocenters. The van der Waals surface area contributed by atoms with Crippen molar-refractivity contribution in [3.63, 3.8) is 0 Å². The van der Waals surface area contributed by atoms with Crippen molar-refractivity contribution in [2.45, 2.75) is 12.8 Å². The van der Waals surface area contributed by atoms with Gasteiger partial charge in [0, 0.05) is 6.54 Å². The Morgan fingerprint density at radius 1 is 1.62 bits per heavy atom. The number of carbonyl (C=O) groups is 1. The van der Waals surface area contributed by atoms with Crippen LogP contribution < -0.4 is 11.1 Å².